The van der Waals surface area contributed by atoms with E-state index in [1.54, 1.807) is 0 Å². The zero-order valence-electron chi connectivity index (χ0n) is 10.2. The van der Waals surface area contributed by atoms with Crippen LogP contribution in [0.3, 0.4) is 0 Å². The van der Waals surface area contributed by atoms with E-state index in [9.17, 15) is 0 Å². The fraction of sp³-hybridized carbons (Fsp3) is 1.00. The number of hydrogen-bond donors (Lipinski definition) is 1. The maximum Gasteiger partial charge on any atom is 0.0701 e. The summed E-state index contributed by atoms with van der Waals surface area (Å²) in [5.74, 6) is 0. The smallest absolute Gasteiger partial charge is 0.0701 e. The number of nitrogens with one attached hydrogen (secondary N) is 1. The second kappa shape index (κ2) is 15.6. The van der Waals surface area contributed by atoms with E-state index in [0.29, 0.717) is 26.4 Å². The molecule has 0 aliphatic rings. The van der Waals surface area contributed by atoms with E-state index in [1.165, 1.54) is 0 Å². The highest BCUT2D eigenvalue weighted by molar-refractivity contribution is 14.1. The van der Waals surface area contributed by atoms with E-state index in [4.69, 9.17) is 14.2 Å². The number of hydrogen-bond acceptors (Lipinski definition) is 4. The van der Waals surface area contributed by atoms with E-state index in [0.717, 1.165) is 37.0 Å². The fourth-order valence-corrected chi connectivity index (χ4v) is 1.36. The summed E-state index contributed by atoms with van der Waals surface area (Å²) in [7, 11) is 1.95. The van der Waals surface area contributed by atoms with E-state index < -0.39 is 0 Å². The molecular formula is C11H24INO3. The molecule has 0 saturated carbocycles. The highest BCUT2D eigenvalue weighted by Crippen LogP contribution is 1.89. The van der Waals surface area contributed by atoms with Gasteiger partial charge >= 0.3 is 0 Å². The molecule has 0 spiro atoms. The van der Waals surface area contributed by atoms with Crippen LogP contribution in [0.15, 0.2) is 0 Å². The molecule has 0 aliphatic carbocycles. The van der Waals surface area contributed by atoms with E-state index >= 15 is 0 Å². The fourth-order valence-electron chi connectivity index (χ4n) is 1.05. The largest absolute Gasteiger partial charge is 0.379 e. The third kappa shape index (κ3) is 14.6. The summed E-state index contributed by atoms with van der Waals surface area (Å²) in [6.45, 7) is 5.35. The number of ether oxygens (including phenoxy) is 3. The second-order valence-corrected chi connectivity index (χ2v) is 4.42. The second-order valence-electron chi connectivity index (χ2n) is 3.34. The standard InChI is InChI=1S/C11H24INO3/c1-13-5-3-7-15-9-11-16-10-8-14-6-2-4-12/h13H,2-11H2,1H3. The van der Waals surface area contributed by atoms with Gasteiger partial charge in [0.15, 0.2) is 0 Å². The quantitative estimate of drug-likeness (QED) is 0.312. The Morgan fingerprint density at radius 2 is 1.31 bits per heavy atom. The average Bonchev–Trinajstić information content (AvgIpc) is 2.31. The van der Waals surface area contributed by atoms with Crippen LogP contribution in [0.2, 0.25) is 0 Å². The molecule has 0 radical (unpaired) electrons. The van der Waals surface area contributed by atoms with Crippen LogP contribution < -0.4 is 5.32 Å². The molecule has 0 unspecified atom stereocenters. The first-order valence-corrected chi connectivity index (χ1v) is 7.38. The minimum atomic E-state index is 0.662. The first-order valence-electron chi connectivity index (χ1n) is 5.85. The zero-order chi connectivity index (χ0) is 11.9. The van der Waals surface area contributed by atoms with Gasteiger partial charge < -0.3 is 19.5 Å². The minimum Gasteiger partial charge on any atom is -0.379 e. The van der Waals surface area contributed by atoms with E-state index in [2.05, 4.69) is 27.9 Å². The van der Waals surface area contributed by atoms with Gasteiger partial charge in [-0.05, 0) is 26.4 Å². The summed E-state index contributed by atoms with van der Waals surface area (Å²) in [6.07, 6.45) is 2.17. The molecule has 0 saturated heterocycles. The highest BCUT2D eigenvalue weighted by atomic mass is 127. The van der Waals surface area contributed by atoms with Crippen molar-refractivity contribution in [2.45, 2.75) is 12.8 Å². The Bertz CT molecular complexity index is 114. The SMILES string of the molecule is CNCCCOCCOCCOCCCI. The van der Waals surface area contributed by atoms with Gasteiger partial charge in [0.1, 0.15) is 0 Å². The normalized spacial score (nSPS) is 10.9. The molecule has 4 nitrogen and oxygen atoms in total. The molecule has 0 amide bonds. The lowest BCUT2D eigenvalue weighted by Crippen LogP contribution is -2.13. The van der Waals surface area contributed by atoms with Gasteiger partial charge in [-0.2, -0.15) is 0 Å². The van der Waals surface area contributed by atoms with Crippen molar-refractivity contribution >= 4 is 22.6 Å². The lowest BCUT2D eigenvalue weighted by atomic mass is 10.4. The number of alkyl halides is 1. The van der Waals surface area contributed by atoms with Gasteiger partial charge in [-0.3, -0.25) is 0 Å². The molecule has 0 heterocycles. The average molecular weight is 345 g/mol. The molecule has 16 heavy (non-hydrogen) atoms. The molecule has 0 aromatic heterocycles. The first-order chi connectivity index (χ1) is 7.91. The van der Waals surface area contributed by atoms with Crippen LogP contribution >= 0.6 is 22.6 Å². The maximum absolute atomic E-state index is 5.37. The van der Waals surface area contributed by atoms with Crippen molar-refractivity contribution in [3.8, 4) is 0 Å². The Morgan fingerprint density at radius 1 is 0.812 bits per heavy atom. The molecule has 5 heteroatoms. The predicted octanol–water partition coefficient (Wildman–Crippen LogP) is 1.47. The monoisotopic (exact) mass is 345 g/mol. The van der Waals surface area contributed by atoms with Gasteiger partial charge in [-0.25, -0.2) is 0 Å². The van der Waals surface area contributed by atoms with Crippen molar-refractivity contribution in [1.82, 2.24) is 5.32 Å². The predicted molar refractivity (Wildman–Crippen MR) is 74.5 cm³/mol. The number of rotatable bonds is 13. The molecule has 0 aromatic rings. The molecule has 0 rings (SSSR count). The van der Waals surface area contributed by atoms with Gasteiger partial charge in [0.25, 0.3) is 0 Å². The molecule has 0 aromatic carbocycles. The van der Waals surface area contributed by atoms with Crippen molar-refractivity contribution in [2.75, 3.05) is 57.7 Å². The highest BCUT2D eigenvalue weighted by Gasteiger charge is 1.91. The van der Waals surface area contributed by atoms with Gasteiger partial charge in [-0.1, -0.05) is 22.6 Å². The summed E-state index contributed by atoms with van der Waals surface area (Å²) in [5, 5.41) is 3.07. The number of halogens is 1. The van der Waals surface area contributed by atoms with Gasteiger partial charge in [-0.15, -0.1) is 0 Å². The van der Waals surface area contributed by atoms with Gasteiger partial charge in [0.2, 0.25) is 0 Å². The van der Waals surface area contributed by atoms with Crippen LogP contribution in [0.5, 0.6) is 0 Å². The first kappa shape index (κ1) is 16.6. The lowest BCUT2D eigenvalue weighted by molar-refractivity contribution is 0.0145. The van der Waals surface area contributed by atoms with Crippen molar-refractivity contribution in [1.29, 1.82) is 0 Å². The van der Waals surface area contributed by atoms with Crippen LogP contribution in [0, 0.1) is 0 Å². The van der Waals surface area contributed by atoms with E-state index in [1.807, 2.05) is 7.05 Å². The minimum absolute atomic E-state index is 0.662. The molecule has 98 valence electrons. The topological polar surface area (TPSA) is 39.7 Å². The summed E-state index contributed by atoms with van der Waals surface area (Å²) in [5.41, 5.74) is 0. The van der Waals surface area contributed by atoms with Crippen molar-refractivity contribution < 1.29 is 14.2 Å². The van der Waals surface area contributed by atoms with Gasteiger partial charge in [0.05, 0.1) is 26.4 Å². The molecule has 0 aliphatic heterocycles. The Labute approximate surface area is 113 Å². The van der Waals surface area contributed by atoms with Crippen LogP contribution in [-0.4, -0.2) is 57.7 Å². The van der Waals surface area contributed by atoms with Crippen LogP contribution in [0.25, 0.3) is 0 Å². The summed E-state index contributed by atoms with van der Waals surface area (Å²) >= 11 is 2.35. The Balaban J connectivity index is 2.83. The van der Waals surface area contributed by atoms with Crippen molar-refractivity contribution in [3.63, 3.8) is 0 Å². The Kier molecular flexibility index (Phi) is 16.1. The molecule has 1 N–H and O–H groups in total. The zero-order valence-corrected chi connectivity index (χ0v) is 12.3. The summed E-state index contributed by atoms with van der Waals surface area (Å²) < 4.78 is 17.2. The molecule has 0 fully saturated rings. The third-order valence-electron chi connectivity index (χ3n) is 1.88. The van der Waals surface area contributed by atoms with Crippen LogP contribution in [-0.2, 0) is 14.2 Å². The van der Waals surface area contributed by atoms with Gasteiger partial charge in [0, 0.05) is 17.6 Å². The molecular weight excluding hydrogens is 321 g/mol. The summed E-state index contributed by atoms with van der Waals surface area (Å²) in [4.78, 5) is 0. The lowest BCUT2D eigenvalue weighted by Gasteiger charge is -2.06. The van der Waals surface area contributed by atoms with Crippen LogP contribution in [0.4, 0.5) is 0 Å². The Hall–Kier alpha value is 0.570. The van der Waals surface area contributed by atoms with E-state index in [-0.39, 0.29) is 0 Å². The van der Waals surface area contributed by atoms with Crippen molar-refractivity contribution in [3.05, 3.63) is 0 Å². The van der Waals surface area contributed by atoms with Crippen molar-refractivity contribution in [2.24, 2.45) is 0 Å². The molecule has 0 bridgehead atoms. The van der Waals surface area contributed by atoms with Crippen LogP contribution in [0.1, 0.15) is 12.8 Å². The molecule has 0 atom stereocenters. The Morgan fingerprint density at radius 3 is 1.81 bits per heavy atom. The maximum atomic E-state index is 5.37. The third-order valence-corrected chi connectivity index (χ3v) is 2.64. The summed E-state index contributed by atoms with van der Waals surface area (Å²) in [6, 6.07) is 0.